The molecule has 0 bridgehead atoms. The Morgan fingerprint density at radius 3 is 1.08 bits per heavy atom. The highest BCUT2D eigenvalue weighted by atomic mass is 16.3. The summed E-state index contributed by atoms with van der Waals surface area (Å²) in [5.41, 5.74) is 19.1. The minimum absolute atomic E-state index is 0.871. The number of anilines is 6. The fourth-order valence-corrected chi connectivity index (χ4v) is 9.67. The predicted molar refractivity (Wildman–Crippen MR) is 276 cm³/mol. The molecule has 0 aliphatic carbocycles. The summed E-state index contributed by atoms with van der Waals surface area (Å²) < 4.78 is 12.7. The molecule has 0 N–H and O–H groups in total. The Bertz CT molecular complexity index is 3500. The van der Waals surface area contributed by atoms with Gasteiger partial charge in [0, 0.05) is 55.4 Å². The van der Waals surface area contributed by atoms with Gasteiger partial charge in [-0.05, 0) is 144 Å². The summed E-state index contributed by atoms with van der Waals surface area (Å²) >= 11 is 0. The molecule has 4 nitrogen and oxygen atoms in total. The lowest BCUT2D eigenvalue weighted by Gasteiger charge is -2.30. The second kappa shape index (κ2) is 16.2. The smallest absolute Gasteiger partial charge is 0.135 e. The Hall–Kier alpha value is -8.60. The van der Waals surface area contributed by atoms with Crippen LogP contribution in [0.1, 0.15) is 11.1 Å². The molecule has 66 heavy (non-hydrogen) atoms. The van der Waals surface area contributed by atoms with Gasteiger partial charge < -0.3 is 18.6 Å². The Labute approximate surface area is 383 Å². The maximum Gasteiger partial charge on any atom is 0.135 e. The van der Waals surface area contributed by atoms with Crippen molar-refractivity contribution in [1.29, 1.82) is 0 Å². The quantitative estimate of drug-likeness (QED) is 0.145. The maximum absolute atomic E-state index is 6.35. The lowest BCUT2D eigenvalue weighted by molar-refractivity contribution is 0.668. The highest BCUT2D eigenvalue weighted by Gasteiger charge is 2.23. The standard InChI is InChI=1S/C62H44N2O2/c1-41-17-9-13-25-55(41)63(47-19-5-3-6-20-47)57-33-29-43(37-51(57)45-31-35-61-53(39-45)49-23-11-15-27-59(49)65-61)44-30-34-58(64(48-21-7-4-8-22-48)56-26-14-10-18-42(56)2)52(38-44)46-32-36-62-54(40-46)50-24-12-16-28-60(50)66-62/h3-40H,1-2H3. The third-order valence-corrected chi connectivity index (χ3v) is 12.9. The van der Waals surface area contributed by atoms with E-state index in [4.69, 9.17) is 8.83 Å². The van der Waals surface area contributed by atoms with Gasteiger partial charge in [-0.2, -0.15) is 0 Å². The van der Waals surface area contributed by atoms with Gasteiger partial charge in [0.1, 0.15) is 22.3 Å². The molecule has 0 spiro atoms. The first-order valence-corrected chi connectivity index (χ1v) is 22.5. The summed E-state index contributed by atoms with van der Waals surface area (Å²) in [5, 5.41) is 4.38. The summed E-state index contributed by atoms with van der Waals surface area (Å²) in [6.45, 7) is 4.37. The summed E-state index contributed by atoms with van der Waals surface area (Å²) in [4.78, 5) is 4.79. The molecule has 0 unspecified atom stereocenters. The van der Waals surface area contributed by atoms with Gasteiger partial charge in [-0.15, -0.1) is 0 Å². The number of aryl methyl sites for hydroxylation is 2. The summed E-state index contributed by atoms with van der Waals surface area (Å²) in [5.74, 6) is 0. The van der Waals surface area contributed by atoms with Crippen molar-refractivity contribution < 1.29 is 8.83 Å². The topological polar surface area (TPSA) is 32.8 Å². The van der Waals surface area contributed by atoms with E-state index in [9.17, 15) is 0 Å². The van der Waals surface area contributed by atoms with Gasteiger partial charge in [0.25, 0.3) is 0 Å². The molecule has 10 aromatic carbocycles. The molecule has 0 aliphatic heterocycles. The molecule has 0 radical (unpaired) electrons. The second-order valence-corrected chi connectivity index (χ2v) is 17.0. The van der Waals surface area contributed by atoms with Gasteiger partial charge >= 0.3 is 0 Å². The number of para-hydroxylation sites is 6. The van der Waals surface area contributed by atoms with E-state index in [2.05, 4.69) is 230 Å². The Balaban J connectivity index is 1.11. The van der Waals surface area contributed by atoms with Gasteiger partial charge in [-0.3, -0.25) is 0 Å². The van der Waals surface area contributed by atoms with Crippen molar-refractivity contribution in [1.82, 2.24) is 0 Å². The van der Waals surface area contributed by atoms with Crippen LogP contribution >= 0.6 is 0 Å². The van der Waals surface area contributed by atoms with Gasteiger partial charge in [0.15, 0.2) is 0 Å². The van der Waals surface area contributed by atoms with E-state index in [1.54, 1.807) is 0 Å². The van der Waals surface area contributed by atoms with Crippen LogP contribution in [-0.4, -0.2) is 0 Å². The van der Waals surface area contributed by atoms with Gasteiger partial charge in [-0.1, -0.05) is 133 Å². The number of fused-ring (bicyclic) bond motifs is 6. The first-order valence-electron chi connectivity index (χ1n) is 22.5. The zero-order chi connectivity index (χ0) is 44.1. The lowest BCUT2D eigenvalue weighted by atomic mass is 9.92. The number of furan rings is 2. The molecule has 0 amide bonds. The molecule has 0 aliphatic rings. The number of nitrogens with zero attached hydrogens (tertiary/aromatic N) is 2. The monoisotopic (exact) mass is 848 g/mol. The highest BCUT2D eigenvalue weighted by molar-refractivity contribution is 6.08. The summed E-state index contributed by atoms with van der Waals surface area (Å²) in [7, 11) is 0. The third kappa shape index (κ3) is 6.79. The molecule has 12 aromatic rings. The fraction of sp³-hybridized carbons (Fsp3) is 0.0323. The SMILES string of the molecule is Cc1ccccc1N(c1ccccc1)c1ccc(-c2ccc(N(c3ccccc3)c3ccccc3C)c(-c3ccc4oc5ccccc5c4c3)c2)cc1-c1ccc2oc3ccccc3c2c1. The van der Waals surface area contributed by atoms with Crippen molar-refractivity contribution >= 4 is 78.0 Å². The molecule has 314 valence electrons. The molecule has 0 saturated heterocycles. The normalized spacial score (nSPS) is 11.5. The molecule has 4 heteroatoms. The van der Waals surface area contributed by atoms with Crippen molar-refractivity contribution in [2.45, 2.75) is 13.8 Å². The van der Waals surface area contributed by atoms with Crippen molar-refractivity contribution in [3.8, 4) is 33.4 Å². The molecule has 2 aromatic heterocycles. The number of hydrogen-bond donors (Lipinski definition) is 0. The minimum atomic E-state index is 0.871. The van der Waals surface area contributed by atoms with Crippen molar-refractivity contribution in [3.63, 3.8) is 0 Å². The van der Waals surface area contributed by atoms with Crippen LogP contribution in [0.15, 0.2) is 239 Å². The lowest BCUT2D eigenvalue weighted by Crippen LogP contribution is -2.13. The van der Waals surface area contributed by atoms with Crippen molar-refractivity contribution in [2.24, 2.45) is 0 Å². The van der Waals surface area contributed by atoms with E-state index in [1.165, 1.54) is 11.1 Å². The zero-order valence-electron chi connectivity index (χ0n) is 36.7. The Morgan fingerprint density at radius 1 is 0.273 bits per heavy atom. The van der Waals surface area contributed by atoms with E-state index >= 15 is 0 Å². The maximum atomic E-state index is 6.35. The van der Waals surface area contributed by atoms with Gasteiger partial charge in [0.05, 0.1) is 11.4 Å². The average Bonchev–Trinajstić information content (AvgIpc) is 3.94. The van der Waals surface area contributed by atoms with E-state index in [0.717, 1.165) is 111 Å². The fourth-order valence-electron chi connectivity index (χ4n) is 9.67. The van der Waals surface area contributed by atoms with Gasteiger partial charge in [0.2, 0.25) is 0 Å². The van der Waals surface area contributed by atoms with Crippen LogP contribution in [0.4, 0.5) is 34.1 Å². The van der Waals surface area contributed by atoms with Crippen molar-refractivity contribution in [3.05, 3.63) is 242 Å². The van der Waals surface area contributed by atoms with E-state index < -0.39 is 0 Å². The number of benzene rings is 10. The molecule has 0 atom stereocenters. The highest BCUT2D eigenvalue weighted by Crippen LogP contribution is 2.48. The predicted octanol–water partition coefficient (Wildman–Crippen LogP) is 18.0. The van der Waals surface area contributed by atoms with Gasteiger partial charge in [-0.25, -0.2) is 0 Å². The summed E-state index contributed by atoms with van der Waals surface area (Å²) in [6, 6.07) is 82.3. The molecule has 0 saturated carbocycles. The van der Waals surface area contributed by atoms with Crippen LogP contribution in [0, 0.1) is 13.8 Å². The first kappa shape index (κ1) is 39.0. The van der Waals surface area contributed by atoms with Crippen LogP contribution in [0.25, 0.3) is 77.3 Å². The number of hydrogen-bond acceptors (Lipinski definition) is 4. The minimum Gasteiger partial charge on any atom is -0.456 e. The molecule has 12 rings (SSSR count). The molecular weight excluding hydrogens is 805 g/mol. The van der Waals surface area contributed by atoms with E-state index in [0.29, 0.717) is 0 Å². The zero-order valence-corrected chi connectivity index (χ0v) is 36.7. The first-order chi connectivity index (χ1) is 32.6. The Kier molecular flexibility index (Phi) is 9.57. The third-order valence-electron chi connectivity index (χ3n) is 12.9. The van der Waals surface area contributed by atoms with Crippen LogP contribution in [-0.2, 0) is 0 Å². The van der Waals surface area contributed by atoms with Crippen molar-refractivity contribution in [2.75, 3.05) is 9.80 Å². The Morgan fingerprint density at radius 2 is 0.636 bits per heavy atom. The van der Waals surface area contributed by atoms with Crippen LogP contribution in [0.3, 0.4) is 0 Å². The number of rotatable bonds is 9. The molecule has 0 fully saturated rings. The average molecular weight is 849 g/mol. The second-order valence-electron chi connectivity index (χ2n) is 17.0. The molecule has 2 heterocycles. The van der Waals surface area contributed by atoms with Crippen LogP contribution < -0.4 is 9.80 Å². The van der Waals surface area contributed by atoms with Crippen LogP contribution in [0.2, 0.25) is 0 Å². The van der Waals surface area contributed by atoms with Crippen LogP contribution in [0.5, 0.6) is 0 Å². The van der Waals surface area contributed by atoms with E-state index in [-0.39, 0.29) is 0 Å². The summed E-state index contributed by atoms with van der Waals surface area (Å²) in [6.07, 6.45) is 0. The largest absolute Gasteiger partial charge is 0.456 e. The molecular formula is C62H44N2O2. The van der Waals surface area contributed by atoms with E-state index in [1.807, 2.05) is 24.3 Å².